The third-order valence-electron chi connectivity index (χ3n) is 11.7. The first-order chi connectivity index (χ1) is 27.8. The van der Waals surface area contributed by atoms with Crippen LogP contribution in [0.5, 0.6) is 0 Å². The summed E-state index contributed by atoms with van der Waals surface area (Å²) in [6, 6.07) is 70.9. The van der Waals surface area contributed by atoms with Crippen LogP contribution in [0.3, 0.4) is 0 Å². The van der Waals surface area contributed by atoms with Crippen molar-refractivity contribution in [1.82, 2.24) is 9.13 Å². The van der Waals surface area contributed by atoms with E-state index in [2.05, 4.69) is 221 Å². The van der Waals surface area contributed by atoms with Gasteiger partial charge in [0.15, 0.2) is 0 Å². The van der Waals surface area contributed by atoms with Crippen molar-refractivity contribution < 1.29 is 0 Å². The number of para-hydroxylation sites is 2. The molecule has 0 saturated heterocycles. The van der Waals surface area contributed by atoms with Gasteiger partial charge in [-0.2, -0.15) is 0 Å². The topological polar surface area (TPSA) is 9.86 Å². The van der Waals surface area contributed by atoms with Gasteiger partial charge in [0.25, 0.3) is 0 Å². The number of allylic oxidation sites excluding steroid dienone is 4. The third-order valence-corrected chi connectivity index (χ3v) is 11.7. The summed E-state index contributed by atoms with van der Waals surface area (Å²) in [5.41, 5.74) is 16.0. The van der Waals surface area contributed by atoms with E-state index in [1.165, 1.54) is 88.1 Å². The number of nitrogens with zero attached hydrogens (tertiary/aromatic N) is 2. The van der Waals surface area contributed by atoms with E-state index < -0.39 is 0 Å². The quantitative estimate of drug-likeness (QED) is 0.162. The van der Waals surface area contributed by atoms with E-state index in [0.717, 1.165) is 12.1 Å². The lowest BCUT2D eigenvalue weighted by molar-refractivity contribution is 0.649. The molecule has 11 rings (SSSR count). The molecule has 264 valence electrons. The fraction of sp³-hybridized carbons (Fsp3) is 0.0370. The summed E-state index contributed by atoms with van der Waals surface area (Å²) in [6.45, 7) is 0. The molecular formula is C54H38N2. The fourth-order valence-electron chi connectivity index (χ4n) is 9.02. The van der Waals surface area contributed by atoms with Gasteiger partial charge in [-0.25, -0.2) is 0 Å². The molecule has 0 saturated carbocycles. The Bertz CT molecular complexity index is 3140. The normalized spacial score (nSPS) is 14.2. The monoisotopic (exact) mass is 714 g/mol. The van der Waals surface area contributed by atoms with Crippen LogP contribution in [0, 0.1) is 0 Å². The number of aromatic nitrogens is 2. The van der Waals surface area contributed by atoms with Crippen molar-refractivity contribution in [3.63, 3.8) is 0 Å². The smallest absolute Gasteiger partial charge is 0.0560 e. The molecule has 2 aromatic heterocycles. The summed E-state index contributed by atoms with van der Waals surface area (Å²) in [7, 11) is 0. The molecule has 0 amide bonds. The Morgan fingerprint density at radius 3 is 1.61 bits per heavy atom. The SMILES string of the molecule is C1=CC(n2c3ccccc3c3c4c5ccccc5n(-c5cccc(-c6cccc(-c7ccccc7)c6)c5)c4ccc32)CC=C1c1ccc(-c2ccccc2)cc1. The second-order valence-corrected chi connectivity index (χ2v) is 14.9. The summed E-state index contributed by atoms with van der Waals surface area (Å²) in [6.07, 6.45) is 8.06. The summed E-state index contributed by atoms with van der Waals surface area (Å²) >= 11 is 0. The van der Waals surface area contributed by atoms with Gasteiger partial charge >= 0.3 is 0 Å². The molecule has 1 aliphatic carbocycles. The predicted octanol–water partition coefficient (Wildman–Crippen LogP) is 14.5. The Hall–Kier alpha value is -7.16. The van der Waals surface area contributed by atoms with Crippen LogP contribution in [0.15, 0.2) is 212 Å². The van der Waals surface area contributed by atoms with Crippen LogP contribution in [0.25, 0.3) is 88.3 Å². The standard InChI is InChI=1S/C54H38N2/c1-3-13-37(14-4-1)39-25-27-40(28-26-39)41-29-31-45(32-30-41)55-49-23-9-7-21-47(49)53-51(55)33-34-52-54(53)48-22-8-10-24-50(48)56(52)46-20-12-19-44(36-46)43-18-11-17-42(35-43)38-15-5-2-6-16-38/h1-31,33-36,45H,32H2. The molecule has 1 unspecified atom stereocenters. The average Bonchev–Trinajstić information content (AvgIpc) is 3.80. The van der Waals surface area contributed by atoms with E-state index in [4.69, 9.17) is 0 Å². The van der Waals surface area contributed by atoms with Gasteiger partial charge in [-0.3, -0.25) is 0 Å². The molecular weight excluding hydrogens is 677 g/mol. The van der Waals surface area contributed by atoms with Gasteiger partial charge in [-0.15, -0.1) is 0 Å². The highest BCUT2D eigenvalue weighted by Gasteiger charge is 2.23. The van der Waals surface area contributed by atoms with Gasteiger partial charge in [0, 0.05) is 32.7 Å². The van der Waals surface area contributed by atoms with E-state index >= 15 is 0 Å². The third kappa shape index (κ3) is 5.33. The van der Waals surface area contributed by atoms with Crippen molar-refractivity contribution in [2.24, 2.45) is 0 Å². The molecule has 2 nitrogen and oxygen atoms in total. The molecule has 0 N–H and O–H groups in total. The molecule has 0 spiro atoms. The lowest BCUT2D eigenvalue weighted by Gasteiger charge is -2.21. The van der Waals surface area contributed by atoms with Crippen LogP contribution in [-0.2, 0) is 0 Å². The molecule has 56 heavy (non-hydrogen) atoms. The molecule has 8 aromatic carbocycles. The molecule has 1 aliphatic rings. The molecule has 0 aliphatic heterocycles. The first-order valence-electron chi connectivity index (χ1n) is 19.5. The van der Waals surface area contributed by atoms with Crippen molar-refractivity contribution >= 4 is 49.2 Å². The summed E-state index contributed by atoms with van der Waals surface area (Å²) in [5, 5.41) is 5.19. The van der Waals surface area contributed by atoms with Crippen LogP contribution in [0.2, 0.25) is 0 Å². The maximum Gasteiger partial charge on any atom is 0.0560 e. The van der Waals surface area contributed by atoms with E-state index in [0.29, 0.717) is 0 Å². The Morgan fingerprint density at radius 2 is 0.893 bits per heavy atom. The van der Waals surface area contributed by atoms with Crippen LogP contribution < -0.4 is 0 Å². The van der Waals surface area contributed by atoms with E-state index in [1.807, 2.05) is 0 Å². The molecule has 1 atom stereocenters. The van der Waals surface area contributed by atoms with Gasteiger partial charge in [0.05, 0.1) is 22.6 Å². The zero-order chi connectivity index (χ0) is 37.0. The van der Waals surface area contributed by atoms with Gasteiger partial charge in [0.2, 0.25) is 0 Å². The summed E-state index contributed by atoms with van der Waals surface area (Å²) < 4.78 is 5.03. The highest BCUT2D eigenvalue weighted by atomic mass is 15.0. The van der Waals surface area contributed by atoms with Gasteiger partial charge in [0.1, 0.15) is 0 Å². The Balaban J connectivity index is 1.01. The van der Waals surface area contributed by atoms with Crippen molar-refractivity contribution in [2.75, 3.05) is 0 Å². The second kappa shape index (κ2) is 13.3. The first kappa shape index (κ1) is 32.3. The Morgan fingerprint density at radius 1 is 0.375 bits per heavy atom. The Labute approximate surface area is 326 Å². The first-order valence-corrected chi connectivity index (χ1v) is 19.5. The highest BCUT2D eigenvalue weighted by Crippen LogP contribution is 2.44. The van der Waals surface area contributed by atoms with Crippen molar-refractivity contribution in [3.05, 3.63) is 218 Å². The molecule has 2 heterocycles. The van der Waals surface area contributed by atoms with Gasteiger partial charge in [-0.05, 0) is 93.4 Å². The number of benzene rings is 8. The average molecular weight is 715 g/mol. The maximum absolute atomic E-state index is 2.57. The molecule has 10 aromatic rings. The zero-order valence-corrected chi connectivity index (χ0v) is 30.9. The van der Waals surface area contributed by atoms with E-state index in [-0.39, 0.29) is 6.04 Å². The van der Waals surface area contributed by atoms with Crippen molar-refractivity contribution in [3.8, 4) is 39.1 Å². The van der Waals surface area contributed by atoms with Crippen molar-refractivity contribution in [1.29, 1.82) is 0 Å². The lowest BCUT2D eigenvalue weighted by atomic mass is 9.95. The molecule has 0 radical (unpaired) electrons. The van der Waals surface area contributed by atoms with Gasteiger partial charge in [-0.1, -0.05) is 170 Å². The molecule has 0 fully saturated rings. The largest absolute Gasteiger partial charge is 0.333 e. The van der Waals surface area contributed by atoms with Gasteiger partial charge < -0.3 is 9.13 Å². The van der Waals surface area contributed by atoms with Crippen molar-refractivity contribution in [2.45, 2.75) is 12.5 Å². The van der Waals surface area contributed by atoms with Crippen LogP contribution in [0.1, 0.15) is 18.0 Å². The second-order valence-electron chi connectivity index (χ2n) is 14.9. The summed E-state index contributed by atoms with van der Waals surface area (Å²) in [4.78, 5) is 0. The highest BCUT2D eigenvalue weighted by molar-refractivity contribution is 6.28. The maximum atomic E-state index is 2.57. The van der Waals surface area contributed by atoms with Crippen LogP contribution >= 0.6 is 0 Å². The number of fused-ring (bicyclic) bond motifs is 7. The van der Waals surface area contributed by atoms with E-state index in [9.17, 15) is 0 Å². The predicted molar refractivity (Wildman–Crippen MR) is 237 cm³/mol. The number of rotatable bonds is 6. The zero-order valence-electron chi connectivity index (χ0n) is 30.9. The number of hydrogen-bond donors (Lipinski definition) is 0. The van der Waals surface area contributed by atoms with Crippen LogP contribution in [0.4, 0.5) is 0 Å². The molecule has 2 heteroatoms. The fourth-order valence-corrected chi connectivity index (χ4v) is 9.02. The van der Waals surface area contributed by atoms with E-state index in [1.54, 1.807) is 0 Å². The Kier molecular flexibility index (Phi) is 7.67. The number of hydrogen-bond acceptors (Lipinski definition) is 0. The van der Waals surface area contributed by atoms with Crippen LogP contribution in [-0.4, -0.2) is 9.13 Å². The minimum absolute atomic E-state index is 0.207. The minimum atomic E-state index is 0.207. The molecule has 0 bridgehead atoms. The lowest BCUT2D eigenvalue weighted by Crippen LogP contribution is -2.08. The minimum Gasteiger partial charge on any atom is -0.333 e. The summed E-state index contributed by atoms with van der Waals surface area (Å²) in [5.74, 6) is 0.